The molecule has 11 aliphatic rings. The fourth-order valence-corrected chi connectivity index (χ4v) is 24.6. The zero-order valence-electron chi connectivity index (χ0n) is 93.5. The lowest BCUT2D eigenvalue weighted by Gasteiger charge is -2.53. The van der Waals surface area contributed by atoms with E-state index in [1.54, 1.807) is 0 Å². The summed E-state index contributed by atoms with van der Waals surface area (Å²) >= 11 is 0. The summed E-state index contributed by atoms with van der Waals surface area (Å²) in [5.74, 6) is -5.69. The van der Waals surface area contributed by atoms with Gasteiger partial charge in [-0.25, -0.2) is 0 Å². The zero-order chi connectivity index (χ0) is 107. The minimum Gasteiger partial charge on any atom is -0.457 e. The van der Waals surface area contributed by atoms with Crippen LogP contribution in [0.5, 0.6) is 0 Å². The van der Waals surface area contributed by atoms with E-state index >= 15 is 0 Å². The van der Waals surface area contributed by atoms with Crippen LogP contribution in [0.3, 0.4) is 0 Å². The largest absolute Gasteiger partial charge is 0.457 e. The van der Waals surface area contributed by atoms with Crippen molar-refractivity contribution in [3.8, 4) is 0 Å². The lowest BCUT2D eigenvalue weighted by Crippen LogP contribution is -2.66. The van der Waals surface area contributed by atoms with Crippen LogP contribution in [-0.2, 0) is 154 Å². The Bertz CT molecular complexity index is 4180. The normalized spacial score (nSPS) is 46.6. The highest BCUT2D eigenvalue weighted by Gasteiger charge is 2.62. The van der Waals surface area contributed by atoms with Crippen LogP contribution in [0.25, 0.3) is 10.4 Å². The Balaban J connectivity index is 0.968. The van der Waals surface area contributed by atoms with Crippen molar-refractivity contribution >= 4 is 23.9 Å². The molecule has 0 spiro atoms. The van der Waals surface area contributed by atoms with Crippen molar-refractivity contribution < 1.29 is 152 Å². The van der Waals surface area contributed by atoms with E-state index in [0.29, 0.717) is 57.8 Å². The average molecular weight is 2070 g/mol. The second kappa shape index (κ2) is 54.7. The van der Waals surface area contributed by atoms with Gasteiger partial charge < -0.3 is 133 Å². The number of rotatable bonds is 42. The molecule has 35 heteroatoms. The number of aliphatic hydroxyl groups excluding tert-OH is 1. The second-order valence-electron chi connectivity index (χ2n) is 44.8. The van der Waals surface area contributed by atoms with Gasteiger partial charge in [0.15, 0.2) is 93.6 Å². The van der Waals surface area contributed by atoms with Crippen LogP contribution in [0, 0.1) is 112 Å². The minimum atomic E-state index is -1.79. The number of carbonyl (C=O) groups excluding carboxylic acids is 4. The molecule has 35 nitrogen and oxygen atoms in total. The molecule has 0 bridgehead atoms. The van der Waals surface area contributed by atoms with Crippen LogP contribution < -0.4 is 0 Å². The molecule has 1 aromatic carbocycles. The fraction of sp³-hybridized carbons (Fsp3) is 0.910. The average Bonchev–Trinajstić information content (AvgIpc) is 0.800. The quantitative estimate of drug-likeness (QED) is 0.0159. The molecule has 1 N–H and O–H groups in total. The number of esters is 4. The second-order valence-corrected chi connectivity index (χ2v) is 44.8. The molecule has 1 aromatic rings. The molecule has 0 aliphatic carbocycles. The van der Waals surface area contributed by atoms with E-state index in [9.17, 15) is 24.3 Å². The molecular formula is C111H185N3O32. The SMILES string of the molecule is CCC1O[C@H](OC2[C@@H](OCC3O[C@H](OCC4O[C@@H](O[C@@H]5C(CC)O[C@@H](O[C@@H]6C(CC)O[C@@H](OCCN=[N+]=[N-])C(C)[C@@H]6C)C(C)[C@@H]5C)C(OC(C)=O)[C@@H](O[C@H]5O[C@@H](CC)[C@@H](C)C(C)C5O[C@H]5O[C@@H](CC)[C@@H](C)C(C)C5O[C@H]5O[C@@H](CC)[C@@H](C)C(C)C5OC(C)=O)[C@@H]4O)C(OCc4ccccc4)[C@@H](O[C@H]4O[C@@H](CC)[C@@H](C)C(C)C4O[C@H]4O[C@@H](CC)[C@@H](C)C(C)C4OC(C)=O)[C@@H]3C)OC(CC)[C@@H](C)[C@@H]2C)C(OC(C)=O)[C@@H](C)[C@@H]1C. The first kappa shape index (κ1) is 120. The number of hydrogen-bond acceptors (Lipinski definition) is 33. The Morgan fingerprint density at radius 2 is 0.527 bits per heavy atom. The summed E-state index contributed by atoms with van der Waals surface area (Å²) in [7, 11) is 0. The predicted octanol–water partition coefficient (Wildman–Crippen LogP) is 17.9. The van der Waals surface area contributed by atoms with E-state index < -0.39 is 222 Å². The maximum Gasteiger partial charge on any atom is 0.303 e. The summed E-state index contributed by atoms with van der Waals surface area (Å²) in [4.78, 5) is 56.9. The highest BCUT2D eigenvalue weighted by atomic mass is 16.8. The monoisotopic (exact) mass is 2070 g/mol. The maximum atomic E-state index is 14.5. The summed E-state index contributed by atoms with van der Waals surface area (Å²) in [5.41, 5.74) is 9.86. The van der Waals surface area contributed by atoms with Gasteiger partial charge in [0.25, 0.3) is 0 Å². The molecule has 0 amide bonds. The molecule has 0 aromatic heterocycles. The number of aliphatic hydroxyl groups is 1. The van der Waals surface area contributed by atoms with E-state index in [1.807, 2.05) is 58.0 Å². The van der Waals surface area contributed by atoms with Crippen LogP contribution in [0.2, 0.25) is 0 Å². The number of carbonyl (C=O) groups is 4. The molecule has 22 unspecified atom stereocenters. The van der Waals surface area contributed by atoms with Crippen molar-refractivity contribution in [2.45, 2.75) is 508 Å². The van der Waals surface area contributed by atoms with Crippen molar-refractivity contribution in [1.82, 2.24) is 0 Å². The molecule has 836 valence electrons. The zero-order valence-corrected chi connectivity index (χ0v) is 93.5. The highest BCUT2D eigenvalue weighted by molar-refractivity contribution is 5.67. The predicted molar refractivity (Wildman–Crippen MR) is 536 cm³/mol. The van der Waals surface area contributed by atoms with Gasteiger partial charge in [-0.3, -0.25) is 19.2 Å². The van der Waals surface area contributed by atoms with Crippen LogP contribution in [-0.4, -0.2) is 277 Å². The van der Waals surface area contributed by atoms with Crippen molar-refractivity contribution in [2.24, 2.45) is 118 Å². The van der Waals surface area contributed by atoms with E-state index in [0.717, 1.165) is 5.56 Å². The lowest BCUT2D eigenvalue weighted by molar-refractivity contribution is -0.397. The van der Waals surface area contributed by atoms with Crippen molar-refractivity contribution in [1.29, 1.82) is 0 Å². The number of benzene rings is 1. The van der Waals surface area contributed by atoms with Gasteiger partial charge in [-0.05, 0) is 146 Å². The summed E-state index contributed by atoms with van der Waals surface area (Å²) in [6.07, 6.45) is -26.7. The third-order valence-electron chi connectivity index (χ3n) is 35.9. The third kappa shape index (κ3) is 27.7. The van der Waals surface area contributed by atoms with E-state index in [2.05, 4.69) is 176 Å². The molecule has 0 saturated carbocycles. The Hall–Kier alpha value is -4.55. The number of ether oxygens (including phenoxy) is 27. The highest BCUT2D eigenvalue weighted by Crippen LogP contribution is 2.51. The van der Waals surface area contributed by atoms with Crippen LogP contribution in [0.4, 0.5) is 0 Å². The van der Waals surface area contributed by atoms with Gasteiger partial charge in [0.2, 0.25) is 0 Å². The Morgan fingerprint density at radius 1 is 0.267 bits per heavy atom. The van der Waals surface area contributed by atoms with Crippen LogP contribution in [0.15, 0.2) is 35.4 Å². The smallest absolute Gasteiger partial charge is 0.303 e. The topological polar surface area (TPSA) is 386 Å². The molecule has 11 heterocycles. The van der Waals surface area contributed by atoms with Gasteiger partial charge in [-0.1, -0.05) is 229 Å². The minimum absolute atomic E-state index is 0.00409. The summed E-state index contributed by atoms with van der Waals surface area (Å²) in [6, 6.07) is 9.71. The first-order valence-corrected chi connectivity index (χ1v) is 55.9. The van der Waals surface area contributed by atoms with Crippen molar-refractivity contribution in [2.75, 3.05) is 26.4 Å². The Labute approximate surface area is 869 Å². The first-order chi connectivity index (χ1) is 69.5. The molecule has 11 fully saturated rings. The molecule has 0 radical (unpaired) electrons. The number of azide groups is 1. The Kier molecular flexibility index (Phi) is 45.0. The number of hydrogen-bond donors (Lipinski definition) is 1. The van der Waals surface area contributed by atoms with Gasteiger partial charge in [-0.15, -0.1) is 0 Å². The molecule has 12 rings (SSSR count). The summed E-state index contributed by atoms with van der Waals surface area (Å²) in [5, 5.41) is 17.8. The number of nitrogens with zero attached hydrogens (tertiary/aromatic N) is 3. The van der Waals surface area contributed by atoms with Gasteiger partial charge in [0.05, 0.1) is 106 Å². The Morgan fingerprint density at radius 3 is 0.890 bits per heavy atom. The van der Waals surface area contributed by atoms with E-state index in [1.165, 1.54) is 27.7 Å². The van der Waals surface area contributed by atoms with Gasteiger partial charge >= 0.3 is 23.9 Å². The van der Waals surface area contributed by atoms with Gasteiger partial charge in [0.1, 0.15) is 48.8 Å². The van der Waals surface area contributed by atoms with Gasteiger partial charge in [0, 0.05) is 74.7 Å². The maximum absolute atomic E-state index is 14.5. The molecule has 11 saturated heterocycles. The third-order valence-corrected chi connectivity index (χ3v) is 35.9. The fourth-order valence-electron chi connectivity index (χ4n) is 24.6. The lowest BCUT2D eigenvalue weighted by atomic mass is 9.80. The summed E-state index contributed by atoms with van der Waals surface area (Å²) in [6.45, 7) is 63.4. The van der Waals surface area contributed by atoms with Gasteiger partial charge in [-0.2, -0.15) is 0 Å². The van der Waals surface area contributed by atoms with Crippen molar-refractivity contribution in [3.05, 3.63) is 46.3 Å². The first-order valence-electron chi connectivity index (χ1n) is 55.9. The molecule has 55 atom stereocenters. The molecular weight excluding hydrogens is 1890 g/mol. The van der Waals surface area contributed by atoms with E-state index in [-0.39, 0.29) is 170 Å². The molecule has 146 heavy (non-hydrogen) atoms. The van der Waals surface area contributed by atoms with Crippen LogP contribution in [0.1, 0.15) is 285 Å². The van der Waals surface area contributed by atoms with Crippen molar-refractivity contribution in [3.63, 3.8) is 0 Å². The van der Waals surface area contributed by atoms with Crippen LogP contribution >= 0.6 is 0 Å². The standard InChI is InChI=1S/C111H185N3O32/c1-33-76-52(10)59(17)91(142-105-92(124-71(29)115)60(18)53(11)77(34-2)129-105)103(128-76)122-50-85-70(28)90(141-108-95(63(21)56(14)80(37-5)132-108)143-106-93(125-72(30)116)61(19)54(12)78(35-3)130-106)99(121-49-75-45-43-42-44-46-75)104(137-85)123-51-86-87(119)98(100(127-74(32)118)111(138-86)140-89-67(25)69(27)102(136-84(89)41-9)139-88-66(24)68(26)101(135-83(88)40-8)120-48-47-113-114-112)146-110-97(65(23)58(16)82(39-7)134-110)145-109-96(64(22)57(15)81(38-6)133-109)144-107-94(126-73(31)117)62(20)55(13)79(36-4)131-107/h42-46,52-70,76-111,119H,33-41,47-51H2,1-32H3/t52-,53-,54-,55-,56-,57-,58-,59-,60-,61?,62?,63?,64?,65?,66-,67-,68?,69?,70+,76?,77?,78-,79-,80-,81-,82-,83?,84?,85?,86?,87+,88-,89-,90-,91?,92?,93?,94?,95?,96?,97?,98-,99?,100?,101+,102-,103-,104-,105+,106+,107+,108+,109+,110+,111-/m0/s1. The van der Waals surface area contributed by atoms with E-state index in [4.69, 9.17) is 133 Å². The molecule has 11 aliphatic heterocycles. The summed E-state index contributed by atoms with van der Waals surface area (Å²) < 4.78 is 192.